The van der Waals surface area contributed by atoms with Crippen LogP contribution in [0.25, 0.3) is 0 Å². The van der Waals surface area contributed by atoms with Gasteiger partial charge in [0.25, 0.3) is 0 Å². The predicted molar refractivity (Wildman–Crippen MR) is 59.0 cm³/mol. The molecule has 1 aromatic heterocycles. The van der Waals surface area contributed by atoms with Crippen molar-refractivity contribution >= 4 is 11.8 Å². The normalized spacial score (nSPS) is 9.67. The van der Waals surface area contributed by atoms with Crippen LogP contribution in [-0.4, -0.2) is 17.6 Å². The molecule has 1 aromatic rings. The van der Waals surface area contributed by atoms with Crippen molar-refractivity contribution in [2.24, 2.45) is 0 Å². The zero-order valence-electron chi connectivity index (χ0n) is 8.67. The summed E-state index contributed by atoms with van der Waals surface area (Å²) in [5, 5.41) is 5.22. The number of carbonyl (C=O) groups is 1. The standard InChI is InChI=1S/C10H15N3O2/c1-2-3-7-11-10(15)13-8-5-4-6-9(14)12-8/h4-6H,2-3,7H2,1H3,(H3,11,12,13,14,15). The minimum atomic E-state index is -0.301. The number of carbonyl (C=O) groups excluding carboxylic acids is 1. The van der Waals surface area contributed by atoms with E-state index in [4.69, 9.17) is 0 Å². The lowest BCUT2D eigenvalue weighted by molar-refractivity contribution is 0.252. The van der Waals surface area contributed by atoms with Crippen molar-refractivity contribution in [3.05, 3.63) is 28.6 Å². The second kappa shape index (κ2) is 5.85. The quantitative estimate of drug-likeness (QED) is 0.654. The number of aromatic nitrogens is 1. The van der Waals surface area contributed by atoms with Gasteiger partial charge in [0.1, 0.15) is 5.82 Å². The fraction of sp³-hybridized carbons (Fsp3) is 0.400. The molecule has 5 heteroatoms. The molecule has 0 bridgehead atoms. The van der Waals surface area contributed by atoms with Gasteiger partial charge in [-0.05, 0) is 12.5 Å². The minimum Gasteiger partial charge on any atom is -0.338 e. The van der Waals surface area contributed by atoms with Gasteiger partial charge in [-0.2, -0.15) is 0 Å². The maximum absolute atomic E-state index is 11.3. The van der Waals surface area contributed by atoms with Crippen molar-refractivity contribution in [1.29, 1.82) is 0 Å². The van der Waals surface area contributed by atoms with Crippen molar-refractivity contribution in [2.45, 2.75) is 19.8 Å². The first kappa shape index (κ1) is 11.3. The molecule has 0 unspecified atom stereocenters. The van der Waals surface area contributed by atoms with Crippen molar-refractivity contribution in [3.8, 4) is 0 Å². The van der Waals surface area contributed by atoms with E-state index in [1.807, 2.05) is 6.92 Å². The number of pyridine rings is 1. The number of urea groups is 1. The van der Waals surface area contributed by atoms with E-state index in [-0.39, 0.29) is 11.6 Å². The summed E-state index contributed by atoms with van der Waals surface area (Å²) in [5.74, 6) is 0.400. The molecular weight excluding hydrogens is 194 g/mol. The van der Waals surface area contributed by atoms with Crippen molar-refractivity contribution in [2.75, 3.05) is 11.9 Å². The van der Waals surface area contributed by atoms with Crippen molar-refractivity contribution in [1.82, 2.24) is 10.3 Å². The molecule has 3 N–H and O–H groups in total. The molecule has 2 amide bonds. The monoisotopic (exact) mass is 209 g/mol. The van der Waals surface area contributed by atoms with E-state index in [1.54, 1.807) is 12.1 Å². The molecule has 5 nitrogen and oxygen atoms in total. The van der Waals surface area contributed by atoms with Gasteiger partial charge in [0.2, 0.25) is 5.56 Å². The number of unbranched alkanes of at least 4 members (excludes halogenated alkanes) is 1. The molecule has 0 aliphatic heterocycles. The molecule has 0 aromatic carbocycles. The summed E-state index contributed by atoms with van der Waals surface area (Å²) in [7, 11) is 0. The van der Waals surface area contributed by atoms with Gasteiger partial charge in [0.15, 0.2) is 0 Å². The Bertz CT molecular complexity index is 373. The van der Waals surface area contributed by atoms with Gasteiger partial charge in [0.05, 0.1) is 0 Å². The van der Waals surface area contributed by atoms with Gasteiger partial charge in [0, 0.05) is 12.6 Å². The van der Waals surface area contributed by atoms with Crippen molar-refractivity contribution < 1.29 is 4.79 Å². The largest absolute Gasteiger partial charge is 0.338 e. The first-order chi connectivity index (χ1) is 7.22. The van der Waals surface area contributed by atoms with E-state index in [0.29, 0.717) is 12.4 Å². The lowest BCUT2D eigenvalue weighted by Gasteiger charge is -2.05. The van der Waals surface area contributed by atoms with Gasteiger partial charge < -0.3 is 10.3 Å². The molecule has 0 saturated heterocycles. The van der Waals surface area contributed by atoms with Gasteiger partial charge in [-0.3, -0.25) is 10.1 Å². The molecular formula is C10H15N3O2. The van der Waals surface area contributed by atoms with Gasteiger partial charge in [-0.1, -0.05) is 19.4 Å². The molecule has 0 atom stereocenters. The third-order valence-electron chi connectivity index (χ3n) is 1.83. The Morgan fingerprint density at radius 1 is 1.47 bits per heavy atom. The number of H-pyrrole nitrogens is 1. The summed E-state index contributed by atoms with van der Waals surface area (Å²) in [6, 6.07) is 4.30. The van der Waals surface area contributed by atoms with Crippen LogP contribution in [0.2, 0.25) is 0 Å². The van der Waals surface area contributed by atoms with Gasteiger partial charge >= 0.3 is 6.03 Å². The molecule has 82 valence electrons. The highest BCUT2D eigenvalue weighted by molar-refractivity contribution is 5.88. The molecule has 1 heterocycles. The molecule has 0 aliphatic rings. The second-order valence-corrected chi connectivity index (χ2v) is 3.16. The highest BCUT2D eigenvalue weighted by atomic mass is 16.2. The van der Waals surface area contributed by atoms with Crippen LogP contribution in [0.5, 0.6) is 0 Å². The SMILES string of the molecule is CCCCNC(=O)Nc1cccc(=O)[nH]1. The minimum absolute atomic E-state index is 0.235. The summed E-state index contributed by atoms with van der Waals surface area (Å²) in [4.78, 5) is 24.7. The molecule has 0 aliphatic carbocycles. The number of nitrogens with one attached hydrogen (secondary N) is 3. The Labute approximate surface area is 87.9 Å². The molecule has 0 fully saturated rings. The Balaban J connectivity index is 2.41. The topological polar surface area (TPSA) is 74.0 Å². The summed E-state index contributed by atoms with van der Waals surface area (Å²) in [6.45, 7) is 2.69. The number of aromatic amines is 1. The van der Waals surface area contributed by atoms with E-state index >= 15 is 0 Å². The van der Waals surface area contributed by atoms with Crippen LogP contribution < -0.4 is 16.2 Å². The number of amides is 2. The number of anilines is 1. The highest BCUT2D eigenvalue weighted by Gasteiger charge is 1.99. The fourth-order valence-corrected chi connectivity index (χ4v) is 1.07. The van der Waals surface area contributed by atoms with Gasteiger partial charge in [-0.25, -0.2) is 4.79 Å². The molecule has 0 saturated carbocycles. The maximum Gasteiger partial charge on any atom is 0.320 e. The average molecular weight is 209 g/mol. The van der Waals surface area contributed by atoms with Crippen LogP contribution in [-0.2, 0) is 0 Å². The molecule has 0 spiro atoms. The lowest BCUT2D eigenvalue weighted by Crippen LogP contribution is -2.30. The van der Waals surface area contributed by atoms with Gasteiger partial charge in [-0.15, -0.1) is 0 Å². The van der Waals surface area contributed by atoms with Crippen LogP contribution in [0.1, 0.15) is 19.8 Å². The second-order valence-electron chi connectivity index (χ2n) is 3.16. The third-order valence-corrected chi connectivity index (χ3v) is 1.83. The summed E-state index contributed by atoms with van der Waals surface area (Å²) in [5.41, 5.74) is -0.235. The zero-order chi connectivity index (χ0) is 11.1. The van der Waals surface area contributed by atoms with Crippen LogP contribution in [0.3, 0.4) is 0 Å². The molecule has 15 heavy (non-hydrogen) atoms. The van der Waals surface area contributed by atoms with Crippen LogP contribution in [0.4, 0.5) is 10.6 Å². The van der Waals surface area contributed by atoms with E-state index in [2.05, 4.69) is 15.6 Å². The number of hydrogen-bond donors (Lipinski definition) is 3. The van der Waals surface area contributed by atoms with E-state index < -0.39 is 0 Å². The van der Waals surface area contributed by atoms with Crippen molar-refractivity contribution in [3.63, 3.8) is 0 Å². The van der Waals surface area contributed by atoms with E-state index in [1.165, 1.54) is 6.07 Å². The smallest absolute Gasteiger partial charge is 0.320 e. The summed E-state index contributed by atoms with van der Waals surface area (Å²) in [6.07, 6.45) is 1.97. The average Bonchev–Trinajstić information content (AvgIpc) is 2.18. The number of hydrogen-bond acceptors (Lipinski definition) is 2. The molecule has 0 radical (unpaired) electrons. The maximum atomic E-state index is 11.3. The van der Waals surface area contributed by atoms with Crippen LogP contribution in [0, 0.1) is 0 Å². The first-order valence-corrected chi connectivity index (χ1v) is 4.96. The predicted octanol–water partition coefficient (Wildman–Crippen LogP) is 1.30. The Morgan fingerprint density at radius 2 is 2.27 bits per heavy atom. The fourth-order valence-electron chi connectivity index (χ4n) is 1.07. The molecule has 1 rings (SSSR count). The number of rotatable bonds is 4. The Morgan fingerprint density at radius 3 is 2.93 bits per heavy atom. The van der Waals surface area contributed by atoms with Crippen LogP contribution >= 0.6 is 0 Å². The summed E-state index contributed by atoms with van der Waals surface area (Å²) >= 11 is 0. The lowest BCUT2D eigenvalue weighted by atomic mass is 10.3. The van der Waals surface area contributed by atoms with E-state index in [9.17, 15) is 9.59 Å². The zero-order valence-corrected chi connectivity index (χ0v) is 8.67. The first-order valence-electron chi connectivity index (χ1n) is 4.96. The Hall–Kier alpha value is -1.78. The summed E-state index contributed by atoms with van der Waals surface area (Å²) < 4.78 is 0. The Kier molecular flexibility index (Phi) is 4.40. The third kappa shape index (κ3) is 4.30. The highest BCUT2D eigenvalue weighted by Crippen LogP contribution is 1.96. The van der Waals surface area contributed by atoms with Crippen LogP contribution in [0.15, 0.2) is 23.0 Å². The van der Waals surface area contributed by atoms with E-state index in [0.717, 1.165) is 12.8 Å².